The summed E-state index contributed by atoms with van der Waals surface area (Å²) in [7, 11) is 0. The predicted octanol–water partition coefficient (Wildman–Crippen LogP) is 3.64. The van der Waals surface area contributed by atoms with Crippen molar-refractivity contribution < 1.29 is 9.53 Å². The number of ether oxygens (including phenoxy) is 1. The summed E-state index contributed by atoms with van der Waals surface area (Å²) in [4.78, 5) is 13.3. The van der Waals surface area contributed by atoms with Gasteiger partial charge in [0.15, 0.2) is 0 Å². The molecule has 0 saturated carbocycles. The average Bonchev–Trinajstić information content (AvgIpc) is 2.49. The van der Waals surface area contributed by atoms with Crippen LogP contribution in [0.5, 0.6) is 0 Å². The van der Waals surface area contributed by atoms with E-state index in [1.54, 1.807) is 0 Å². The number of aryl methyl sites for hydroxylation is 1. The number of carbonyl (C=O) groups is 1. The van der Waals surface area contributed by atoms with Gasteiger partial charge in [-0.2, -0.15) is 0 Å². The van der Waals surface area contributed by atoms with Crippen LogP contribution in [0.4, 0.5) is 0 Å². The molecule has 1 aromatic rings. The van der Waals surface area contributed by atoms with Gasteiger partial charge in [0.05, 0.1) is 6.61 Å². The number of esters is 1. The summed E-state index contributed by atoms with van der Waals surface area (Å²) in [5.41, 5.74) is 0. The van der Waals surface area contributed by atoms with Gasteiger partial charge in [-0.15, -0.1) is 11.3 Å². The number of hydrogen-bond donors (Lipinski definition) is 0. The standard InChI is InChI=1S/C10H13BrO2S/c1-3-5-8-7(11)6-9(14-8)10(12)13-4-2/h6H,3-5H2,1-2H3. The minimum absolute atomic E-state index is 0.222. The molecule has 0 spiro atoms. The highest BCUT2D eigenvalue weighted by molar-refractivity contribution is 9.10. The van der Waals surface area contributed by atoms with Crippen LogP contribution in [0, 0.1) is 0 Å². The van der Waals surface area contributed by atoms with Gasteiger partial charge < -0.3 is 4.74 Å². The molecule has 0 amide bonds. The van der Waals surface area contributed by atoms with Crippen LogP contribution in [0.15, 0.2) is 10.5 Å². The van der Waals surface area contributed by atoms with E-state index in [-0.39, 0.29) is 5.97 Å². The second-order valence-corrected chi connectivity index (χ2v) is 4.84. The van der Waals surface area contributed by atoms with Gasteiger partial charge in [-0.05, 0) is 35.3 Å². The van der Waals surface area contributed by atoms with E-state index in [9.17, 15) is 4.79 Å². The van der Waals surface area contributed by atoms with Crippen molar-refractivity contribution in [2.45, 2.75) is 26.7 Å². The third kappa shape index (κ3) is 2.82. The summed E-state index contributed by atoms with van der Waals surface area (Å²) in [6.07, 6.45) is 2.09. The molecule has 1 heterocycles. The normalized spacial score (nSPS) is 10.2. The Balaban J connectivity index is 2.79. The molecular formula is C10H13BrO2S. The van der Waals surface area contributed by atoms with Crippen molar-refractivity contribution in [2.75, 3.05) is 6.61 Å². The molecule has 0 radical (unpaired) electrons. The lowest BCUT2D eigenvalue weighted by molar-refractivity contribution is 0.0532. The Kier molecular flexibility index (Phi) is 4.62. The molecule has 0 bridgehead atoms. The number of thiophene rings is 1. The van der Waals surface area contributed by atoms with Crippen LogP contribution in [0.1, 0.15) is 34.8 Å². The monoisotopic (exact) mass is 276 g/mol. The van der Waals surface area contributed by atoms with Gasteiger partial charge in [-0.3, -0.25) is 0 Å². The third-order valence-electron chi connectivity index (χ3n) is 1.71. The van der Waals surface area contributed by atoms with E-state index in [0.29, 0.717) is 11.5 Å². The quantitative estimate of drug-likeness (QED) is 0.785. The molecule has 0 aromatic carbocycles. The van der Waals surface area contributed by atoms with Crippen LogP contribution in [0.2, 0.25) is 0 Å². The number of carbonyl (C=O) groups excluding carboxylic acids is 1. The molecule has 14 heavy (non-hydrogen) atoms. The van der Waals surface area contributed by atoms with Crippen molar-refractivity contribution in [3.63, 3.8) is 0 Å². The molecule has 4 heteroatoms. The van der Waals surface area contributed by atoms with Crippen molar-refractivity contribution in [3.8, 4) is 0 Å². The maximum atomic E-state index is 11.4. The summed E-state index contributed by atoms with van der Waals surface area (Å²) in [5, 5.41) is 0. The zero-order valence-corrected chi connectivity index (χ0v) is 10.7. The molecule has 0 saturated heterocycles. The first-order chi connectivity index (χ1) is 6.69. The minimum atomic E-state index is -0.222. The number of rotatable bonds is 4. The minimum Gasteiger partial charge on any atom is -0.462 e. The molecule has 1 rings (SSSR count). The number of hydrogen-bond acceptors (Lipinski definition) is 3. The highest BCUT2D eigenvalue weighted by atomic mass is 79.9. The summed E-state index contributed by atoms with van der Waals surface area (Å²) in [5.74, 6) is -0.222. The third-order valence-corrected chi connectivity index (χ3v) is 3.86. The molecular weight excluding hydrogens is 264 g/mol. The number of halogens is 1. The molecule has 0 fully saturated rings. The van der Waals surface area contributed by atoms with Crippen LogP contribution in [0.3, 0.4) is 0 Å². The predicted molar refractivity (Wildman–Crippen MR) is 62.0 cm³/mol. The Labute approximate surface area is 96.4 Å². The lowest BCUT2D eigenvalue weighted by Crippen LogP contribution is -2.01. The summed E-state index contributed by atoms with van der Waals surface area (Å²) in [6.45, 7) is 4.36. The molecule has 0 N–H and O–H groups in total. The molecule has 78 valence electrons. The van der Waals surface area contributed by atoms with Crippen molar-refractivity contribution in [3.05, 3.63) is 20.3 Å². The molecule has 0 unspecified atom stereocenters. The molecule has 2 nitrogen and oxygen atoms in total. The Morgan fingerprint density at radius 1 is 1.57 bits per heavy atom. The van der Waals surface area contributed by atoms with Gasteiger partial charge in [0.1, 0.15) is 4.88 Å². The van der Waals surface area contributed by atoms with E-state index in [1.165, 1.54) is 16.2 Å². The highest BCUT2D eigenvalue weighted by Gasteiger charge is 2.13. The molecule has 0 aliphatic heterocycles. The van der Waals surface area contributed by atoms with Gasteiger partial charge >= 0.3 is 5.97 Å². The fourth-order valence-electron chi connectivity index (χ4n) is 1.11. The van der Waals surface area contributed by atoms with Crippen molar-refractivity contribution in [1.82, 2.24) is 0 Å². The largest absolute Gasteiger partial charge is 0.462 e. The van der Waals surface area contributed by atoms with Crippen molar-refractivity contribution in [2.24, 2.45) is 0 Å². The first-order valence-corrected chi connectivity index (χ1v) is 6.25. The Bertz CT molecular complexity index is 320. The highest BCUT2D eigenvalue weighted by Crippen LogP contribution is 2.28. The fourth-order valence-corrected chi connectivity index (χ4v) is 2.98. The van der Waals surface area contributed by atoms with E-state index in [4.69, 9.17) is 4.74 Å². The molecule has 0 atom stereocenters. The van der Waals surface area contributed by atoms with Crippen molar-refractivity contribution >= 4 is 33.2 Å². The van der Waals surface area contributed by atoms with Crippen LogP contribution in [0.25, 0.3) is 0 Å². The lowest BCUT2D eigenvalue weighted by atomic mass is 10.3. The van der Waals surface area contributed by atoms with Crippen LogP contribution < -0.4 is 0 Å². The van der Waals surface area contributed by atoms with Crippen LogP contribution >= 0.6 is 27.3 Å². The molecule has 0 aliphatic carbocycles. The van der Waals surface area contributed by atoms with Crippen molar-refractivity contribution in [1.29, 1.82) is 0 Å². The van der Waals surface area contributed by atoms with Gasteiger partial charge in [-0.1, -0.05) is 13.3 Å². The maximum absolute atomic E-state index is 11.4. The second kappa shape index (κ2) is 5.51. The zero-order valence-electron chi connectivity index (χ0n) is 8.30. The van der Waals surface area contributed by atoms with E-state index < -0.39 is 0 Å². The topological polar surface area (TPSA) is 26.3 Å². The summed E-state index contributed by atoms with van der Waals surface area (Å²) >= 11 is 4.95. The molecule has 0 aliphatic rings. The smallest absolute Gasteiger partial charge is 0.348 e. The van der Waals surface area contributed by atoms with Gasteiger partial charge in [-0.25, -0.2) is 4.79 Å². The fraction of sp³-hybridized carbons (Fsp3) is 0.500. The first-order valence-electron chi connectivity index (χ1n) is 4.64. The maximum Gasteiger partial charge on any atom is 0.348 e. The second-order valence-electron chi connectivity index (χ2n) is 2.85. The SMILES string of the molecule is CCCc1sc(C(=O)OCC)cc1Br. The molecule has 1 aromatic heterocycles. The van der Waals surface area contributed by atoms with Crippen LogP contribution in [-0.2, 0) is 11.2 Å². The van der Waals surface area contributed by atoms with E-state index >= 15 is 0 Å². The van der Waals surface area contributed by atoms with Gasteiger partial charge in [0.25, 0.3) is 0 Å². The zero-order chi connectivity index (χ0) is 10.6. The Morgan fingerprint density at radius 3 is 2.86 bits per heavy atom. The van der Waals surface area contributed by atoms with Crippen LogP contribution in [-0.4, -0.2) is 12.6 Å². The van der Waals surface area contributed by atoms with E-state index in [0.717, 1.165) is 17.3 Å². The first kappa shape index (κ1) is 11.7. The summed E-state index contributed by atoms with van der Waals surface area (Å²) in [6, 6.07) is 1.84. The van der Waals surface area contributed by atoms with Gasteiger partial charge in [0.2, 0.25) is 0 Å². The summed E-state index contributed by atoms with van der Waals surface area (Å²) < 4.78 is 5.95. The van der Waals surface area contributed by atoms with Gasteiger partial charge in [0, 0.05) is 9.35 Å². The van der Waals surface area contributed by atoms with E-state index in [2.05, 4.69) is 22.9 Å². The Morgan fingerprint density at radius 2 is 2.29 bits per heavy atom. The van der Waals surface area contributed by atoms with E-state index in [1.807, 2.05) is 13.0 Å². The average molecular weight is 277 g/mol. The Hall–Kier alpha value is -0.350. The lowest BCUT2D eigenvalue weighted by Gasteiger charge is -1.96.